The van der Waals surface area contributed by atoms with Crippen molar-refractivity contribution in [3.63, 3.8) is 0 Å². The Morgan fingerprint density at radius 3 is 2.36 bits per heavy atom. The van der Waals surface area contributed by atoms with Crippen LogP contribution in [0.2, 0.25) is 0 Å². The van der Waals surface area contributed by atoms with Crippen LogP contribution in [0.3, 0.4) is 0 Å². The van der Waals surface area contributed by atoms with Crippen LogP contribution in [0.1, 0.15) is 24.2 Å². The first-order valence-corrected chi connectivity index (χ1v) is 9.70. The van der Waals surface area contributed by atoms with Crippen molar-refractivity contribution < 1.29 is 35.9 Å². The van der Waals surface area contributed by atoms with Crippen LogP contribution in [0.4, 0.5) is 18.9 Å². The molecule has 2 aromatic carbocycles. The molecule has 1 N–H and O–H groups in total. The first-order chi connectivity index (χ1) is 13.1. The van der Waals surface area contributed by atoms with E-state index >= 15 is 0 Å². The Hall–Kier alpha value is -2.88. The molecule has 0 bridgehead atoms. The number of hydrogen-bond donors (Lipinski definition) is 1. The van der Waals surface area contributed by atoms with Crippen LogP contribution in [-0.2, 0) is 19.4 Å². The van der Waals surface area contributed by atoms with Crippen LogP contribution in [0, 0.1) is 17.5 Å². The molecule has 10 heteroatoms. The van der Waals surface area contributed by atoms with Gasteiger partial charge in [0.1, 0.15) is 0 Å². The predicted octanol–water partition coefficient (Wildman–Crippen LogP) is 3.08. The number of hydrogen-bond acceptors (Lipinski definition) is 5. The molecule has 0 aliphatic carbocycles. The number of anilines is 1. The van der Waals surface area contributed by atoms with Gasteiger partial charge in [-0.2, -0.15) is 0 Å². The predicted molar refractivity (Wildman–Crippen MR) is 94.0 cm³/mol. The molecule has 2 rings (SSSR count). The highest BCUT2D eigenvalue weighted by Crippen LogP contribution is 2.21. The van der Waals surface area contributed by atoms with Crippen molar-refractivity contribution in [3.05, 3.63) is 59.4 Å². The molecule has 0 fully saturated rings. The maximum Gasteiger partial charge on any atom is 0.340 e. The van der Waals surface area contributed by atoms with Crippen LogP contribution in [-0.4, -0.2) is 32.2 Å². The van der Waals surface area contributed by atoms with Gasteiger partial charge >= 0.3 is 5.97 Å². The summed E-state index contributed by atoms with van der Waals surface area (Å²) in [7, 11) is -3.72. The lowest BCUT2D eigenvalue weighted by Gasteiger charge is -2.15. The molecule has 0 radical (unpaired) electrons. The van der Waals surface area contributed by atoms with Crippen molar-refractivity contribution in [1.82, 2.24) is 0 Å². The van der Waals surface area contributed by atoms with Gasteiger partial charge in [-0.25, -0.2) is 26.4 Å². The van der Waals surface area contributed by atoms with Crippen LogP contribution in [0.15, 0.2) is 41.3 Å². The molecule has 0 heterocycles. The first-order valence-electron chi connectivity index (χ1n) is 8.05. The van der Waals surface area contributed by atoms with Gasteiger partial charge in [-0.3, -0.25) is 4.79 Å². The maximum absolute atomic E-state index is 13.6. The van der Waals surface area contributed by atoms with Gasteiger partial charge in [-0.05, 0) is 31.2 Å². The summed E-state index contributed by atoms with van der Waals surface area (Å²) in [5.41, 5.74) is -0.899. The minimum atomic E-state index is -3.72. The Morgan fingerprint density at radius 2 is 1.71 bits per heavy atom. The van der Waals surface area contributed by atoms with Gasteiger partial charge < -0.3 is 10.1 Å². The molecule has 1 amide bonds. The standard InChI is InChI=1S/C18H16F3NO5S/c1-3-28(25,26)14-7-5-4-6-11(14)18(24)27-10(2)17(23)22-13-9-8-12(19)15(20)16(13)21/h4-10H,3H2,1-2H3,(H,22,23)/t10-/m1/s1. The van der Waals surface area contributed by atoms with E-state index in [0.29, 0.717) is 6.07 Å². The third-order valence-corrected chi connectivity index (χ3v) is 5.55. The SMILES string of the molecule is CCS(=O)(=O)c1ccccc1C(=O)O[C@H](C)C(=O)Nc1ccc(F)c(F)c1F. The highest BCUT2D eigenvalue weighted by Gasteiger charge is 2.26. The van der Waals surface area contributed by atoms with Crippen LogP contribution in [0.5, 0.6) is 0 Å². The molecule has 1 atom stereocenters. The molecule has 150 valence electrons. The number of esters is 1. The number of carbonyl (C=O) groups excluding carboxylic acids is 2. The topological polar surface area (TPSA) is 89.5 Å². The number of halogens is 3. The number of rotatable bonds is 6. The second kappa shape index (κ2) is 8.42. The lowest BCUT2D eigenvalue weighted by atomic mass is 10.2. The van der Waals surface area contributed by atoms with Crippen LogP contribution in [0.25, 0.3) is 0 Å². The average molecular weight is 415 g/mol. The molecule has 0 saturated carbocycles. The van der Waals surface area contributed by atoms with Crippen molar-refractivity contribution in [2.75, 3.05) is 11.1 Å². The third kappa shape index (κ3) is 4.50. The first kappa shape index (κ1) is 21.4. The summed E-state index contributed by atoms with van der Waals surface area (Å²) >= 11 is 0. The van der Waals surface area contributed by atoms with E-state index < -0.39 is 51.0 Å². The number of amides is 1. The summed E-state index contributed by atoms with van der Waals surface area (Å²) < 4.78 is 68.9. The summed E-state index contributed by atoms with van der Waals surface area (Å²) in [6.07, 6.45) is -1.47. The van der Waals surface area contributed by atoms with E-state index in [-0.39, 0.29) is 16.2 Å². The molecule has 6 nitrogen and oxygen atoms in total. The zero-order chi connectivity index (χ0) is 21.1. The molecule has 0 aliphatic heterocycles. The van der Waals surface area contributed by atoms with Crippen molar-refractivity contribution in [2.45, 2.75) is 24.8 Å². The summed E-state index contributed by atoms with van der Waals surface area (Å²) in [6.45, 7) is 2.56. The Kier molecular flexibility index (Phi) is 6.45. The Bertz CT molecular complexity index is 1020. The second-order valence-electron chi connectivity index (χ2n) is 5.66. The number of nitrogens with one attached hydrogen (secondary N) is 1. The normalized spacial score (nSPS) is 12.3. The minimum Gasteiger partial charge on any atom is -0.449 e. The quantitative estimate of drug-likeness (QED) is 0.579. The summed E-state index contributed by atoms with van der Waals surface area (Å²) in [6, 6.07) is 6.75. The molecule has 0 unspecified atom stereocenters. The summed E-state index contributed by atoms with van der Waals surface area (Å²) in [5.74, 6) is -7.14. The second-order valence-corrected chi connectivity index (χ2v) is 7.91. The molecule has 0 aliphatic rings. The molecule has 0 spiro atoms. The summed E-state index contributed by atoms with van der Waals surface area (Å²) in [4.78, 5) is 24.1. The highest BCUT2D eigenvalue weighted by molar-refractivity contribution is 7.91. The largest absolute Gasteiger partial charge is 0.449 e. The van der Waals surface area contributed by atoms with Crippen molar-refractivity contribution in [3.8, 4) is 0 Å². The monoisotopic (exact) mass is 415 g/mol. The molecule has 0 saturated heterocycles. The van der Waals surface area contributed by atoms with E-state index in [0.717, 1.165) is 13.0 Å². The number of ether oxygens (including phenoxy) is 1. The fourth-order valence-corrected chi connectivity index (χ4v) is 3.28. The van der Waals surface area contributed by atoms with E-state index in [1.165, 1.54) is 31.2 Å². The number of carbonyl (C=O) groups is 2. The molecule has 0 aromatic heterocycles. The lowest BCUT2D eigenvalue weighted by Crippen LogP contribution is -2.31. The fraction of sp³-hybridized carbons (Fsp3) is 0.222. The average Bonchev–Trinajstić information content (AvgIpc) is 2.68. The Labute approximate surface area is 159 Å². The van der Waals surface area contributed by atoms with Crippen LogP contribution >= 0.6 is 0 Å². The van der Waals surface area contributed by atoms with Gasteiger partial charge in [-0.15, -0.1) is 0 Å². The zero-order valence-electron chi connectivity index (χ0n) is 14.8. The van der Waals surface area contributed by atoms with Gasteiger partial charge in [0.2, 0.25) is 0 Å². The Morgan fingerprint density at radius 1 is 1.07 bits per heavy atom. The van der Waals surface area contributed by atoms with Gasteiger partial charge in [0.15, 0.2) is 33.4 Å². The maximum atomic E-state index is 13.6. The molecular formula is C18H16F3NO5S. The van der Waals surface area contributed by atoms with Crippen LogP contribution < -0.4 is 5.32 Å². The van der Waals surface area contributed by atoms with E-state index in [2.05, 4.69) is 0 Å². The van der Waals surface area contributed by atoms with E-state index in [1.54, 1.807) is 0 Å². The zero-order valence-corrected chi connectivity index (χ0v) is 15.6. The Balaban J connectivity index is 2.18. The fourth-order valence-electron chi connectivity index (χ4n) is 2.20. The van der Waals surface area contributed by atoms with E-state index in [9.17, 15) is 31.2 Å². The van der Waals surface area contributed by atoms with Gasteiger partial charge in [0.25, 0.3) is 5.91 Å². The minimum absolute atomic E-state index is 0.247. The van der Waals surface area contributed by atoms with Gasteiger partial charge in [0, 0.05) is 0 Å². The molecular weight excluding hydrogens is 399 g/mol. The number of sulfone groups is 1. The lowest BCUT2D eigenvalue weighted by molar-refractivity contribution is -0.123. The van der Waals surface area contributed by atoms with E-state index in [4.69, 9.17) is 4.74 Å². The summed E-state index contributed by atoms with van der Waals surface area (Å²) in [5, 5.41) is 1.97. The molecule has 2 aromatic rings. The van der Waals surface area contributed by atoms with E-state index in [1.807, 2.05) is 5.32 Å². The van der Waals surface area contributed by atoms with Gasteiger partial charge in [0.05, 0.1) is 21.9 Å². The van der Waals surface area contributed by atoms with Crippen molar-refractivity contribution >= 4 is 27.4 Å². The smallest absolute Gasteiger partial charge is 0.340 e. The van der Waals surface area contributed by atoms with Crippen molar-refractivity contribution in [1.29, 1.82) is 0 Å². The van der Waals surface area contributed by atoms with Crippen molar-refractivity contribution in [2.24, 2.45) is 0 Å². The number of benzene rings is 2. The molecule has 28 heavy (non-hydrogen) atoms. The van der Waals surface area contributed by atoms with Gasteiger partial charge in [-0.1, -0.05) is 19.1 Å². The third-order valence-electron chi connectivity index (χ3n) is 3.77. The highest BCUT2D eigenvalue weighted by atomic mass is 32.2.